The number of anilines is 1. The first-order valence-electron chi connectivity index (χ1n) is 8.10. The lowest BCUT2D eigenvalue weighted by molar-refractivity contribution is 0.101. The Labute approximate surface area is 156 Å². The number of nitrogens with zero attached hydrogens (tertiary/aromatic N) is 1. The van der Waals surface area contributed by atoms with Gasteiger partial charge in [-0.1, -0.05) is 11.6 Å². The molecule has 0 unspecified atom stereocenters. The molecule has 5 nitrogen and oxygen atoms in total. The summed E-state index contributed by atoms with van der Waals surface area (Å²) >= 11 is 5.97. The van der Waals surface area contributed by atoms with E-state index in [0.29, 0.717) is 28.3 Å². The summed E-state index contributed by atoms with van der Waals surface area (Å²) in [6.45, 7) is 1.85. The van der Waals surface area contributed by atoms with Crippen LogP contribution >= 0.6 is 11.6 Å². The molecule has 0 bridgehead atoms. The number of rotatable bonds is 3. The minimum Gasteiger partial charge on any atom is -0.453 e. The summed E-state index contributed by atoms with van der Waals surface area (Å²) < 4.78 is 31.1. The molecule has 1 aromatic heterocycles. The molecule has 0 radical (unpaired) electrons. The van der Waals surface area contributed by atoms with Crippen molar-refractivity contribution < 1.29 is 17.6 Å². The molecule has 0 amide bonds. The Morgan fingerprint density at radius 3 is 2.69 bits per heavy atom. The van der Waals surface area contributed by atoms with E-state index in [-0.39, 0.29) is 17.6 Å². The Morgan fingerprint density at radius 1 is 1.19 bits per heavy atom. The average molecular weight is 390 g/mol. The SMILES string of the molecule is C[C@H]1Cc2cc(C(=O)c3cc4cc(Cl)ccc4o3)ccc2N1S(C)(=O)=O. The number of carbonyl (C=O) groups excluding carboxylic acids is 1. The second-order valence-corrected chi connectivity index (χ2v) is 8.87. The van der Waals surface area contributed by atoms with E-state index in [2.05, 4.69) is 0 Å². The molecule has 1 atom stereocenters. The Morgan fingerprint density at radius 2 is 1.96 bits per heavy atom. The minimum absolute atomic E-state index is 0.168. The zero-order chi connectivity index (χ0) is 18.6. The molecule has 4 rings (SSSR count). The maximum absolute atomic E-state index is 12.8. The maximum Gasteiger partial charge on any atom is 0.232 e. The Balaban J connectivity index is 1.73. The van der Waals surface area contributed by atoms with Gasteiger partial charge in [-0.25, -0.2) is 8.42 Å². The third kappa shape index (κ3) is 2.79. The van der Waals surface area contributed by atoms with Crippen LogP contribution in [0, 0.1) is 0 Å². The van der Waals surface area contributed by atoms with E-state index in [1.165, 1.54) is 10.6 Å². The fourth-order valence-electron chi connectivity index (χ4n) is 3.52. The van der Waals surface area contributed by atoms with Crippen LogP contribution in [0.25, 0.3) is 11.0 Å². The van der Waals surface area contributed by atoms with Gasteiger partial charge >= 0.3 is 0 Å². The molecule has 1 aliphatic rings. The number of sulfonamides is 1. The van der Waals surface area contributed by atoms with Crippen LogP contribution in [0.2, 0.25) is 5.02 Å². The summed E-state index contributed by atoms with van der Waals surface area (Å²) in [5.41, 5.74) is 2.54. The molecule has 0 fully saturated rings. The van der Waals surface area contributed by atoms with Crippen molar-refractivity contribution >= 4 is 44.1 Å². The van der Waals surface area contributed by atoms with Gasteiger partial charge in [0.15, 0.2) is 5.76 Å². The van der Waals surface area contributed by atoms with Gasteiger partial charge < -0.3 is 4.42 Å². The smallest absolute Gasteiger partial charge is 0.232 e. The van der Waals surface area contributed by atoms with E-state index in [0.717, 1.165) is 10.9 Å². The van der Waals surface area contributed by atoms with Crippen LogP contribution in [0.1, 0.15) is 28.6 Å². The van der Waals surface area contributed by atoms with E-state index in [9.17, 15) is 13.2 Å². The lowest BCUT2D eigenvalue weighted by Crippen LogP contribution is -2.34. The van der Waals surface area contributed by atoms with Crippen LogP contribution < -0.4 is 4.31 Å². The van der Waals surface area contributed by atoms with Gasteiger partial charge in [-0.3, -0.25) is 9.10 Å². The van der Waals surface area contributed by atoms with E-state index < -0.39 is 10.0 Å². The van der Waals surface area contributed by atoms with Gasteiger partial charge in [-0.2, -0.15) is 0 Å². The van der Waals surface area contributed by atoms with Crippen LogP contribution in [0.4, 0.5) is 5.69 Å². The van der Waals surface area contributed by atoms with Gasteiger partial charge in [0.05, 0.1) is 11.9 Å². The number of hydrogen-bond donors (Lipinski definition) is 0. The van der Waals surface area contributed by atoms with Crippen molar-refractivity contribution in [1.82, 2.24) is 0 Å². The quantitative estimate of drug-likeness (QED) is 0.634. The van der Waals surface area contributed by atoms with Gasteiger partial charge in [0.1, 0.15) is 5.58 Å². The zero-order valence-corrected chi connectivity index (χ0v) is 15.8. The highest BCUT2D eigenvalue weighted by Gasteiger charge is 2.33. The largest absolute Gasteiger partial charge is 0.453 e. The van der Waals surface area contributed by atoms with E-state index in [1.807, 2.05) is 6.92 Å². The highest BCUT2D eigenvalue weighted by Crippen LogP contribution is 2.35. The molecule has 0 saturated carbocycles. The molecule has 3 aromatic rings. The molecular weight excluding hydrogens is 374 g/mol. The predicted octanol–water partition coefficient (Wildman–Crippen LogP) is 4.03. The molecule has 0 saturated heterocycles. The van der Waals surface area contributed by atoms with Crippen molar-refractivity contribution in [2.24, 2.45) is 0 Å². The Kier molecular flexibility index (Phi) is 3.86. The summed E-state index contributed by atoms with van der Waals surface area (Å²) in [7, 11) is -3.35. The number of hydrogen-bond acceptors (Lipinski definition) is 4. The second-order valence-electron chi connectivity index (χ2n) is 6.58. The molecule has 2 aromatic carbocycles. The number of ketones is 1. The van der Waals surface area contributed by atoms with Crippen molar-refractivity contribution in [3.8, 4) is 0 Å². The van der Waals surface area contributed by atoms with Gasteiger partial charge in [-0.05, 0) is 61.4 Å². The minimum atomic E-state index is -3.35. The molecule has 0 aliphatic carbocycles. The molecule has 7 heteroatoms. The van der Waals surface area contributed by atoms with Gasteiger partial charge in [0, 0.05) is 22.0 Å². The fraction of sp³-hybridized carbons (Fsp3) is 0.211. The standard InChI is InChI=1S/C19H16ClNO4S/c1-11-7-13-8-12(3-5-16(13)21(11)26(2,23)24)19(22)18-10-14-9-15(20)4-6-17(14)25-18/h3-6,8-11H,7H2,1-2H3/t11-/m0/s1. The van der Waals surface area contributed by atoms with Crippen LogP contribution in [-0.2, 0) is 16.4 Å². The topological polar surface area (TPSA) is 67.6 Å². The Hall–Kier alpha value is -2.31. The van der Waals surface area contributed by atoms with Crippen LogP contribution in [0.15, 0.2) is 46.9 Å². The lowest BCUT2D eigenvalue weighted by Gasteiger charge is -2.21. The highest BCUT2D eigenvalue weighted by molar-refractivity contribution is 7.92. The van der Waals surface area contributed by atoms with E-state index >= 15 is 0 Å². The summed E-state index contributed by atoms with van der Waals surface area (Å²) in [4.78, 5) is 12.8. The fourth-order valence-corrected chi connectivity index (χ4v) is 4.96. The third-order valence-corrected chi connectivity index (χ3v) is 6.06. The summed E-state index contributed by atoms with van der Waals surface area (Å²) in [6.07, 6.45) is 1.76. The molecule has 134 valence electrons. The van der Waals surface area contributed by atoms with Gasteiger partial charge in [0.2, 0.25) is 15.8 Å². The van der Waals surface area contributed by atoms with Crippen molar-refractivity contribution in [2.45, 2.75) is 19.4 Å². The first-order valence-corrected chi connectivity index (χ1v) is 10.3. The summed E-state index contributed by atoms with van der Waals surface area (Å²) in [6, 6.07) is 11.7. The third-order valence-electron chi connectivity index (χ3n) is 4.55. The van der Waals surface area contributed by atoms with Crippen LogP contribution in [-0.4, -0.2) is 26.5 Å². The van der Waals surface area contributed by atoms with E-state index in [1.54, 1.807) is 42.5 Å². The first kappa shape index (κ1) is 17.1. The molecule has 0 N–H and O–H groups in total. The number of furan rings is 1. The number of benzene rings is 2. The summed E-state index contributed by atoms with van der Waals surface area (Å²) in [5.74, 6) is -0.0150. The van der Waals surface area contributed by atoms with Crippen molar-refractivity contribution in [1.29, 1.82) is 0 Å². The average Bonchev–Trinajstić information content (AvgIpc) is 3.12. The monoisotopic (exact) mass is 389 g/mol. The van der Waals surface area contributed by atoms with Crippen LogP contribution in [0.3, 0.4) is 0 Å². The van der Waals surface area contributed by atoms with Gasteiger partial charge in [-0.15, -0.1) is 0 Å². The molecule has 1 aliphatic heterocycles. The Bertz CT molecular complexity index is 1150. The second kappa shape index (κ2) is 5.86. The summed E-state index contributed by atoms with van der Waals surface area (Å²) in [5, 5.41) is 1.34. The van der Waals surface area contributed by atoms with E-state index in [4.69, 9.17) is 16.0 Å². The molecule has 2 heterocycles. The number of carbonyl (C=O) groups is 1. The number of fused-ring (bicyclic) bond motifs is 2. The van der Waals surface area contributed by atoms with Gasteiger partial charge in [0.25, 0.3) is 0 Å². The van der Waals surface area contributed by atoms with Crippen molar-refractivity contribution in [2.75, 3.05) is 10.6 Å². The van der Waals surface area contributed by atoms with Crippen molar-refractivity contribution in [3.05, 3.63) is 64.4 Å². The molecule has 0 spiro atoms. The molecular formula is C19H16ClNO4S. The first-order chi connectivity index (χ1) is 12.2. The molecule has 26 heavy (non-hydrogen) atoms. The predicted molar refractivity (Wildman–Crippen MR) is 102 cm³/mol. The zero-order valence-electron chi connectivity index (χ0n) is 14.2. The number of halogens is 1. The van der Waals surface area contributed by atoms with Crippen molar-refractivity contribution in [3.63, 3.8) is 0 Å². The lowest BCUT2D eigenvalue weighted by atomic mass is 10.0. The normalized spacial score (nSPS) is 16.9. The van der Waals surface area contributed by atoms with Crippen LogP contribution in [0.5, 0.6) is 0 Å². The maximum atomic E-state index is 12.8. The highest BCUT2D eigenvalue weighted by atomic mass is 35.5.